The second kappa shape index (κ2) is 3.88. The smallest absolute Gasteiger partial charge is 0.237 e. The number of amides is 1. The van der Waals surface area contributed by atoms with E-state index >= 15 is 0 Å². The molecule has 0 bridgehead atoms. The fourth-order valence-electron chi connectivity index (χ4n) is 1.97. The molecule has 2 aliphatic rings. The fourth-order valence-corrected chi connectivity index (χ4v) is 3.13. The van der Waals surface area contributed by atoms with Crippen molar-refractivity contribution in [1.29, 1.82) is 0 Å². The lowest BCUT2D eigenvalue weighted by Gasteiger charge is -2.15. The molecular weight excluding hydrogens is 184 g/mol. The molecule has 74 valence electrons. The van der Waals surface area contributed by atoms with Gasteiger partial charge in [-0.3, -0.25) is 4.79 Å². The number of hydrogen-bond donors (Lipinski definition) is 2. The van der Waals surface area contributed by atoms with Crippen molar-refractivity contribution in [3.05, 3.63) is 0 Å². The van der Waals surface area contributed by atoms with E-state index in [9.17, 15) is 4.79 Å². The molecule has 0 aliphatic carbocycles. The van der Waals surface area contributed by atoms with Crippen LogP contribution in [0.4, 0.5) is 0 Å². The van der Waals surface area contributed by atoms with Gasteiger partial charge in [0.2, 0.25) is 5.91 Å². The van der Waals surface area contributed by atoms with Crippen molar-refractivity contribution in [3.63, 3.8) is 0 Å². The molecule has 2 aliphatic heterocycles. The lowest BCUT2D eigenvalue weighted by molar-refractivity contribution is -0.121. The van der Waals surface area contributed by atoms with Gasteiger partial charge in [-0.1, -0.05) is 6.92 Å². The fraction of sp³-hybridized carbons (Fsp3) is 0.889. The van der Waals surface area contributed by atoms with E-state index in [1.54, 1.807) is 0 Å². The maximum atomic E-state index is 11.3. The molecule has 4 heteroatoms. The lowest BCUT2D eigenvalue weighted by atomic mass is 10.1. The van der Waals surface area contributed by atoms with Crippen molar-refractivity contribution < 1.29 is 4.79 Å². The minimum Gasteiger partial charge on any atom is -0.355 e. The predicted octanol–water partition coefficient (Wildman–Crippen LogP) is 0.359. The zero-order valence-corrected chi connectivity index (χ0v) is 8.69. The first-order chi connectivity index (χ1) is 6.25. The van der Waals surface area contributed by atoms with Crippen LogP contribution in [0.2, 0.25) is 0 Å². The molecule has 1 amide bonds. The largest absolute Gasteiger partial charge is 0.355 e. The average Bonchev–Trinajstić information content (AvgIpc) is 2.64. The zero-order valence-electron chi connectivity index (χ0n) is 7.88. The highest BCUT2D eigenvalue weighted by Gasteiger charge is 2.29. The molecule has 0 radical (unpaired) electrons. The quantitative estimate of drug-likeness (QED) is 0.676. The Morgan fingerprint density at radius 1 is 1.62 bits per heavy atom. The maximum Gasteiger partial charge on any atom is 0.237 e. The van der Waals surface area contributed by atoms with Crippen LogP contribution in [0.15, 0.2) is 0 Å². The molecule has 2 fully saturated rings. The van der Waals surface area contributed by atoms with Gasteiger partial charge in [-0.15, -0.1) is 0 Å². The van der Waals surface area contributed by atoms with Crippen LogP contribution in [0.25, 0.3) is 0 Å². The van der Waals surface area contributed by atoms with Gasteiger partial charge in [0.1, 0.15) is 0 Å². The van der Waals surface area contributed by atoms with Gasteiger partial charge in [-0.05, 0) is 12.8 Å². The predicted molar refractivity (Wildman–Crippen MR) is 54.9 cm³/mol. The number of nitrogens with one attached hydrogen (secondary N) is 2. The van der Waals surface area contributed by atoms with Crippen LogP contribution in [0, 0.1) is 0 Å². The third-order valence-corrected chi connectivity index (χ3v) is 4.04. The van der Waals surface area contributed by atoms with E-state index in [4.69, 9.17) is 0 Å². The molecule has 3 unspecified atom stereocenters. The standard InChI is InChI=1S/C9H16N2OS/c1-6-4-7(5-13-6)11-8-2-3-10-9(8)12/h6-8,11H,2-5H2,1H3,(H,10,12). The second-order valence-corrected chi connectivity index (χ2v) is 5.35. The molecular formula is C9H16N2OS. The molecule has 0 spiro atoms. The topological polar surface area (TPSA) is 41.1 Å². The first-order valence-electron chi connectivity index (χ1n) is 4.91. The number of carbonyl (C=O) groups excluding carboxylic acids is 1. The van der Waals surface area contributed by atoms with Crippen LogP contribution < -0.4 is 10.6 Å². The van der Waals surface area contributed by atoms with Gasteiger partial charge in [0.25, 0.3) is 0 Å². The van der Waals surface area contributed by atoms with Gasteiger partial charge in [-0.25, -0.2) is 0 Å². The van der Waals surface area contributed by atoms with E-state index < -0.39 is 0 Å². The minimum atomic E-state index is 0.0795. The number of carbonyl (C=O) groups is 1. The summed E-state index contributed by atoms with van der Waals surface area (Å²) in [6, 6.07) is 0.629. The Morgan fingerprint density at radius 2 is 2.46 bits per heavy atom. The van der Waals surface area contributed by atoms with Gasteiger partial charge < -0.3 is 10.6 Å². The number of hydrogen-bond acceptors (Lipinski definition) is 3. The van der Waals surface area contributed by atoms with E-state index in [0.29, 0.717) is 6.04 Å². The van der Waals surface area contributed by atoms with E-state index in [1.807, 2.05) is 11.8 Å². The summed E-state index contributed by atoms with van der Waals surface area (Å²) in [5, 5.41) is 7.02. The van der Waals surface area contributed by atoms with Crippen molar-refractivity contribution in [2.24, 2.45) is 0 Å². The van der Waals surface area contributed by atoms with Crippen molar-refractivity contribution in [3.8, 4) is 0 Å². The molecule has 0 aromatic rings. The third kappa shape index (κ3) is 2.17. The van der Waals surface area contributed by atoms with Crippen LogP contribution in [0.3, 0.4) is 0 Å². The van der Waals surface area contributed by atoms with Crippen LogP contribution in [-0.2, 0) is 4.79 Å². The summed E-state index contributed by atoms with van der Waals surface area (Å²) in [5.74, 6) is 1.34. The number of rotatable bonds is 2. The maximum absolute atomic E-state index is 11.3. The van der Waals surface area contributed by atoms with Crippen LogP contribution >= 0.6 is 11.8 Å². The molecule has 3 atom stereocenters. The molecule has 2 saturated heterocycles. The summed E-state index contributed by atoms with van der Waals surface area (Å²) in [5.41, 5.74) is 0. The van der Waals surface area contributed by atoms with Crippen molar-refractivity contribution >= 4 is 17.7 Å². The Balaban J connectivity index is 1.81. The lowest BCUT2D eigenvalue weighted by Crippen LogP contribution is -2.42. The normalized spacial score (nSPS) is 39.5. The highest BCUT2D eigenvalue weighted by atomic mass is 32.2. The van der Waals surface area contributed by atoms with E-state index in [2.05, 4.69) is 17.6 Å². The monoisotopic (exact) mass is 200 g/mol. The Hall–Kier alpha value is -0.220. The highest BCUT2D eigenvalue weighted by molar-refractivity contribution is 8.00. The van der Waals surface area contributed by atoms with Crippen molar-refractivity contribution in [1.82, 2.24) is 10.6 Å². The van der Waals surface area contributed by atoms with Gasteiger partial charge >= 0.3 is 0 Å². The molecule has 2 heterocycles. The highest BCUT2D eigenvalue weighted by Crippen LogP contribution is 2.26. The van der Waals surface area contributed by atoms with E-state index in [0.717, 1.165) is 24.0 Å². The summed E-state index contributed by atoms with van der Waals surface area (Å²) in [7, 11) is 0. The molecule has 3 nitrogen and oxygen atoms in total. The van der Waals surface area contributed by atoms with Crippen LogP contribution in [0.1, 0.15) is 19.8 Å². The van der Waals surface area contributed by atoms with Crippen LogP contribution in [-0.4, -0.2) is 35.5 Å². The molecule has 0 aromatic carbocycles. The average molecular weight is 200 g/mol. The Morgan fingerprint density at radius 3 is 3.00 bits per heavy atom. The first kappa shape index (κ1) is 9.34. The summed E-state index contributed by atoms with van der Waals surface area (Å²) in [6.45, 7) is 3.09. The summed E-state index contributed by atoms with van der Waals surface area (Å²) < 4.78 is 0. The van der Waals surface area contributed by atoms with Gasteiger partial charge in [0.15, 0.2) is 0 Å². The van der Waals surface area contributed by atoms with Gasteiger partial charge in [-0.2, -0.15) is 11.8 Å². The van der Waals surface area contributed by atoms with Gasteiger partial charge in [0.05, 0.1) is 6.04 Å². The van der Waals surface area contributed by atoms with Crippen molar-refractivity contribution in [2.45, 2.75) is 37.1 Å². The minimum absolute atomic E-state index is 0.0795. The Kier molecular flexibility index (Phi) is 2.79. The summed E-state index contributed by atoms with van der Waals surface area (Å²) in [6.07, 6.45) is 2.16. The summed E-state index contributed by atoms with van der Waals surface area (Å²) >= 11 is 2.00. The molecule has 2 rings (SSSR count). The number of thioether (sulfide) groups is 1. The van der Waals surface area contributed by atoms with E-state index in [-0.39, 0.29) is 11.9 Å². The summed E-state index contributed by atoms with van der Waals surface area (Å²) in [4.78, 5) is 11.3. The van der Waals surface area contributed by atoms with Gasteiger partial charge in [0, 0.05) is 23.6 Å². The molecule has 0 saturated carbocycles. The molecule has 0 aromatic heterocycles. The third-order valence-electron chi connectivity index (χ3n) is 2.68. The van der Waals surface area contributed by atoms with Crippen LogP contribution in [0.5, 0.6) is 0 Å². The molecule has 2 N–H and O–H groups in total. The Bertz CT molecular complexity index is 210. The van der Waals surface area contributed by atoms with Crippen molar-refractivity contribution in [2.75, 3.05) is 12.3 Å². The second-order valence-electron chi connectivity index (χ2n) is 3.88. The first-order valence-corrected chi connectivity index (χ1v) is 5.96. The SMILES string of the molecule is CC1CC(NC2CCNC2=O)CS1. The molecule has 13 heavy (non-hydrogen) atoms. The van der Waals surface area contributed by atoms with E-state index in [1.165, 1.54) is 6.42 Å². The zero-order chi connectivity index (χ0) is 9.26. The Labute approximate surface area is 83.0 Å².